The molecule has 2 aromatic carbocycles. The molecule has 2 rings (SSSR count). The van der Waals surface area contributed by atoms with Crippen molar-refractivity contribution in [2.45, 2.75) is 37.2 Å². The number of nitrogens with one attached hydrogen (secondary N) is 2. The Hall–Kier alpha value is -2.18. The Bertz CT molecular complexity index is 759. The number of rotatable bonds is 7. The Kier molecular flexibility index (Phi) is 6.11. The van der Waals surface area contributed by atoms with Crippen molar-refractivity contribution < 1.29 is 13.2 Å². The monoisotopic (exact) mass is 346 g/mol. The van der Waals surface area contributed by atoms with Crippen LogP contribution in [0, 0.1) is 0 Å². The van der Waals surface area contributed by atoms with Gasteiger partial charge in [-0.1, -0.05) is 48.5 Å². The van der Waals surface area contributed by atoms with Crippen LogP contribution in [0.1, 0.15) is 19.4 Å². The van der Waals surface area contributed by atoms with E-state index in [1.165, 1.54) is 12.1 Å². The van der Waals surface area contributed by atoms with Crippen LogP contribution >= 0.6 is 0 Å². The fraction of sp³-hybridized carbons (Fsp3) is 0.278. The van der Waals surface area contributed by atoms with Crippen molar-refractivity contribution in [3.63, 3.8) is 0 Å². The van der Waals surface area contributed by atoms with Crippen LogP contribution in [0.4, 0.5) is 0 Å². The van der Waals surface area contributed by atoms with Gasteiger partial charge in [-0.3, -0.25) is 4.79 Å². The Labute approximate surface area is 143 Å². The third-order valence-electron chi connectivity index (χ3n) is 3.38. The molecule has 0 bridgehead atoms. The van der Waals surface area contributed by atoms with Gasteiger partial charge in [0.05, 0.1) is 4.90 Å². The van der Waals surface area contributed by atoms with E-state index in [9.17, 15) is 13.2 Å². The van der Waals surface area contributed by atoms with Gasteiger partial charge in [0.2, 0.25) is 15.9 Å². The highest BCUT2D eigenvalue weighted by atomic mass is 32.2. The number of hydrogen-bond acceptors (Lipinski definition) is 3. The maximum atomic E-state index is 12.5. The molecular formula is C18H22N2O3S. The number of amides is 1. The molecule has 6 heteroatoms. The van der Waals surface area contributed by atoms with Crippen LogP contribution in [-0.4, -0.2) is 26.4 Å². The first-order valence-electron chi connectivity index (χ1n) is 7.80. The highest BCUT2D eigenvalue weighted by Crippen LogP contribution is 2.11. The van der Waals surface area contributed by atoms with Gasteiger partial charge in [0.25, 0.3) is 0 Å². The van der Waals surface area contributed by atoms with E-state index < -0.39 is 16.1 Å². The van der Waals surface area contributed by atoms with E-state index >= 15 is 0 Å². The van der Waals surface area contributed by atoms with Crippen molar-refractivity contribution in [1.29, 1.82) is 0 Å². The quantitative estimate of drug-likeness (QED) is 0.806. The standard InChI is InChI=1S/C18H22N2O3S/c1-14(2)19-18(21)17(13-15-9-5-3-6-10-15)20-24(22,23)16-11-7-4-8-12-16/h3-12,14,17,20H,13H2,1-2H3,(H,19,21)/t17-/m0/s1. The molecule has 0 saturated carbocycles. The molecule has 0 unspecified atom stereocenters. The number of sulfonamides is 1. The molecule has 1 amide bonds. The predicted octanol–water partition coefficient (Wildman–Crippen LogP) is 2.10. The minimum Gasteiger partial charge on any atom is -0.353 e. The normalized spacial score (nSPS) is 12.8. The van der Waals surface area contributed by atoms with Crippen molar-refractivity contribution in [2.75, 3.05) is 0 Å². The van der Waals surface area contributed by atoms with Crippen LogP contribution in [0.3, 0.4) is 0 Å². The molecule has 0 aliphatic rings. The summed E-state index contributed by atoms with van der Waals surface area (Å²) in [6.45, 7) is 3.67. The molecule has 0 spiro atoms. The molecular weight excluding hydrogens is 324 g/mol. The zero-order valence-electron chi connectivity index (χ0n) is 13.8. The van der Waals surface area contributed by atoms with E-state index in [2.05, 4.69) is 10.0 Å². The van der Waals surface area contributed by atoms with Gasteiger partial charge < -0.3 is 5.32 Å². The van der Waals surface area contributed by atoms with Crippen molar-refractivity contribution in [1.82, 2.24) is 10.0 Å². The van der Waals surface area contributed by atoms with Gasteiger partial charge in [-0.2, -0.15) is 4.72 Å². The summed E-state index contributed by atoms with van der Waals surface area (Å²) >= 11 is 0. The smallest absolute Gasteiger partial charge is 0.241 e. The summed E-state index contributed by atoms with van der Waals surface area (Å²) in [5.74, 6) is -0.339. The topological polar surface area (TPSA) is 75.3 Å². The summed E-state index contributed by atoms with van der Waals surface area (Å²) in [5, 5.41) is 2.77. The van der Waals surface area contributed by atoms with E-state index in [1.807, 2.05) is 44.2 Å². The SMILES string of the molecule is CC(C)NC(=O)[C@H](Cc1ccccc1)NS(=O)(=O)c1ccccc1. The van der Waals surface area contributed by atoms with Gasteiger partial charge in [0.15, 0.2) is 0 Å². The van der Waals surface area contributed by atoms with E-state index in [0.29, 0.717) is 0 Å². The third kappa shape index (κ3) is 5.18. The summed E-state index contributed by atoms with van der Waals surface area (Å²) in [4.78, 5) is 12.6. The number of carbonyl (C=O) groups excluding carboxylic acids is 1. The first-order chi connectivity index (χ1) is 11.4. The summed E-state index contributed by atoms with van der Waals surface area (Å²) in [5.41, 5.74) is 0.886. The van der Waals surface area contributed by atoms with Crippen molar-refractivity contribution in [3.05, 3.63) is 66.2 Å². The van der Waals surface area contributed by atoms with Gasteiger partial charge >= 0.3 is 0 Å². The van der Waals surface area contributed by atoms with E-state index in [4.69, 9.17) is 0 Å². The van der Waals surface area contributed by atoms with Crippen LogP contribution in [-0.2, 0) is 21.2 Å². The van der Waals surface area contributed by atoms with Gasteiger partial charge in [-0.15, -0.1) is 0 Å². The fourth-order valence-corrected chi connectivity index (χ4v) is 3.49. The molecule has 0 heterocycles. The summed E-state index contributed by atoms with van der Waals surface area (Å²) in [6.07, 6.45) is 0.283. The van der Waals surface area contributed by atoms with E-state index in [0.717, 1.165) is 5.56 Å². The van der Waals surface area contributed by atoms with Crippen molar-refractivity contribution in [3.8, 4) is 0 Å². The molecule has 0 radical (unpaired) electrons. The van der Waals surface area contributed by atoms with Gasteiger partial charge in [0.1, 0.15) is 6.04 Å². The number of benzene rings is 2. The van der Waals surface area contributed by atoms with Gasteiger partial charge in [-0.05, 0) is 38.0 Å². The third-order valence-corrected chi connectivity index (χ3v) is 4.87. The summed E-state index contributed by atoms with van der Waals surface area (Å²) < 4.78 is 27.6. The Morgan fingerprint density at radius 2 is 1.50 bits per heavy atom. The second kappa shape index (κ2) is 8.08. The summed E-state index contributed by atoms with van der Waals surface area (Å²) in [6, 6.07) is 16.4. The molecule has 0 aliphatic heterocycles. The van der Waals surface area contributed by atoms with E-state index in [-0.39, 0.29) is 23.3 Å². The van der Waals surface area contributed by atoms with Crippen molar-refractivity contribution >= 4 is 15.9 Å². The van der Waals surface area contributed by atoms with Crippen LogP contribution in [0.2, 0.25) is 0 Å². The van der Waals surface area contributed by atoms with Gasteiger partial charge in [-0.25, -0.2) is 8.42 Å². The minimum absolute atomic E-state index is 0.0722. The molecule has 0 fully saturated rings. The maximum absolute atomic E-state index is 12.5. The molecule has 0 saturated heterocycles. The Morgan fingerprint density at radius 1 is 0.958 bits per heavy atom. The second-order valence-corrected chi connectivity index (χ2v) is 7.55. The molecule has 2 N–H and O–H groups in total. The lowest BCUT2D eigenvalue weighted by Crippen LogP contribution is -2.49. The molecule has 5 nitrogen and oxygen atoms in total. The Balaban J connectivity index is 2.23. The average molecular weight is 346 g/mol. The lowest BCUT2D eigenvalue weighted by Gasteiger charge is -2.20. The molecule has 128 valence electrons. The van der Waals surface area contributed by atoms with Crippen LogP contribution in [0.25, 0.3) is 0 Å². The molecule has 2 aromatic rings. The number of hydrogen-bond donors (Lipinski definition) is 2. The van der Waals surface area contributed by atoms with Gasteiger partial charge in [0, 0.05) is 6.04 Å². The van der Waals surface area contributed by atoms with Crippen LogP contribution in [0.5, 0.6) is 0 Å². The number of carbonyl (C=O) groups is 1. The first kappa shape index (κ1) is 18.2. The predicted molar refractivity (Wildman–Crippen MR) is 94.0 cm³/mol. The largest absolute Gasteiger partial charge is 0.353 e. The zero-order valence-corrected chi connectivity index (χ0v) is 14.6. The molecule has 1 atom stereocenters. The lowest BCUT2D eigenvalue weighted by molar-refractivity contribution is -0.123. The van der Waals surface area contributed by atoms with E-state index in [1.54, 1.807) is 18.2 Å². The second-order valence-electron chi connectivity index (χ2n) is 5.84. The van der Waals surface area contributed by atoms with Crippen molar-refractivity contribution in [2.24, 2.45) is 0 Å². The lowest BCUT2D eigenvalue weighted by atomic mass is 10.1. The first-order valence-corrected chi connectivity index (χ1v) is 9.28. The minimum atomic E-state index is -3.77. The molecule has 0 aliphatic carbocycles. The fourth-order valence-electron chi connectivity index (χ4n) is 2.28. The molecule has 0 aromatic heterocycles. The summed E-state index contributed by atoms with van der Waals surface area (Å²) in [7, 11) is -3.77. The van der Waals surface area contributed by atoms with Crippen LogP contribution < -0.4 is 10.0 Å². The average Bonchev–Trinajstić information content (AvgIpc) is 2.55. The molecule has 24 heavy (non-hydrogen) atoms. The Morgan fingerprint density at radius 3 is 2.04 bits per heavy atom. The highest BCUT2D eigenvalue weighted by molar-refractivity contribution is 7.89. The maximum Gasteiger partial charge on any atom is 0.241 e. The zero-order chi connectivity index (χ0) is 17.6. The van der Waals surface area contributed by atoms with Crippen LogP contribution in [0.15, 0.2) is 65.6 Å². The highest BCUT2D eigenvalue weighted by Gasteiger charge is 2.26.